The summed E-state index contributed by atoms with van der Waals surface area (Å²) >= 11 is 0. The topological polar surface area (TPSA) is 52.1 Å². The summed E-state index contributed by atoms with van der Waals surface area (Å²) in [6, 6.07) is 0.544. The normalized spacial score (nSPS) is 22.2. The van der Waals surface area contributed by atoms with Gasteiger partial charge in [0, 0.05) is 38.8 Å². The van der Waals surface area contributed by atoms with Gasteiger partial charge in [-0.1, -0.05) is 26.7 Å². The number of morpholine rings is 1. The van der Waals surface area contributed by atoms with Gasteiger partial charge < -0.3 is 15.4 Å². The van der Waals surface area contributed by atoms with Crippen molar-refractivity contribution in [2.45, 2.75) is 52.5 Å². The quantitative estimate of drug-likeness (QED) is 0.506. The van der Waals surface area contributed by atoms with Crippen molar-refractivity contribution >= 4 is 5.96 Å². The molecular weight excluding hydrogens is 326 g/mol. The molecule has 2 fully saturated rings. The number of likely N-dealkylation sites (tertiary alicyclic amines) is 1. The van der Waals surface area contributed by atoms with Crippen LogP contribution >= 0.6 is 0 Å². The average molecular weight is 368 g/mol. The maximum absolute atomic E-state index is 5.42. The van der Waals surface area contributed by atoms with Crippen molar-refractivity contribution < 1.29 is 4.74 Å². The zero-order valence-corrected chi connectivity index (χ0v) is 17.3. The molecule has 6 nitrogen and oxygen atoms in total. The van der Waals surface area contributed by atoms with Gasteiger partial charge in [0.15, 0.2) is 5.96 Å². The van der Waals surface area contributed by atoms with Gasteiger partial charge in [-0.3, -0.25) is 14.8 Å². The molecule has 0 aromatic carbocycles. The van der Waals surface area contributed by atoms with Gasteiger partial charge in [-0.15, -0.1) is 0 Å². The monoisotopic (exact) mass is 367 g/mol. The summed E-state index contributed by atoms with van der Waals surface area (Å²) in [6.45, 7) is 16.8. The van der Waals surface area contributed by atoms with Crippen molar-refractivity contribution in [2.24, 2.45) is 10.9 Å². The van der Waals surface area contributed by atoms with Crippen LogP contribution in [-0.4, -0.2) is 87.4 Å². The number of rotatable bonds is 8. The van der Waals surface area contributed by atoms with Crippen molar-refractivity contribution in [1.82, 2.24) is 20.4 Å². The van der Waals surface area contributed by atoms with E-state index < -0.39 is 0 Å². The second-order valence-electron chi connectivity index (χ2n) is 7.86. The summed E-state index contributed by atoms with van der Waals surface area (Å²) in [5.41, 5.74) is 0. The van der Waals surface area contributed by atoms with Crippen LogP contribution in [0.3, 0.4) is 0 Å². The van der Waals surface area contributed by atoms with Crippen LogP contribution in [-0.2, 0) is 4.74 Å². The van der Waals surface area contributed by atoms with Crippen LogP contribution in [0.4, 0.5) is 0 Å². The highest BCUT2D eigenvalue weighted by Crippen LogP contribution is 2.17. The van der Waals surface area contributed by atoms with Crippen molar-refractivity contribution in [3.05, 3.63) is 0 Å². The Hall–Kier alpha value is -0.850. The van der Waals surface area contributed by atoms with Crippen molar-refractivity contribution in [1.29, 1.82) is 0 Å². The predicted molar refractivity (Wildman–Crippen MR) is 110 cm³/mol. The molecule has 2 aliphatic rings. The highest BCUT2D eigenvalue weighted by atomic mass is 16.5. The molecule has 0 amide bonds. The molecule has 1 unspecified atom stereocenters. The third-order valence-corrected chi connectivity index (χ3v) is 5.48. The lowest BCUT2D eigenvalue weighted by molar-refractivity contribution is 0.0389. The van der Waals surface area contributed by atoms with Gasteiger partial charge in [0.05, 0.1) is 19.8 Å². The molecule has 0 aromatic rings. The van der Waals surface area contributed by atoms with E-state index in [9.17, 15) is 0 Å². The summed E-state index contributed by atoms with van der Waals surface area (Å²) in [4.78, 5) is 10.1. The molecule has 152 valence electrons. The van der Waals surface area contributed by atoms with E-state index in [1.54, 1.807) is 0 Å². The molecule has 0 spiro atoms. The Morgan fingerprint density at radius 2 is 1.69 bits per heavy atom. The van der Waals surface area contributed by atoms with Gasteiger partial charge in [0.25, 0.3) is 0 Å². The van der Waals surface area contributed by atoms with E-state index in [0.29, 0.717) is 12.0 Å². The number of guanidine groups is 1. The van der Waals surface area contributed by atoms with Gasteiger partial charge in [-0.05, 0) is 38.8 Å². The highest BCUT2D eigenvalue weighted by Gasteiger charge is 2.22. The molecule has 0 saturated carbocycles. The van der Waals surface area contributed by atoms with E-state index in [1.807, 2.05) is 0 Å². The Morgan fingerprint density at radius 3 is 2.31 bits per heavy atom. The van der Waals surface area contributed by atoms with Gasteiger partial charge in [-0.2, -0.15) is 0 Å². The van der Waals surface area contributed by atoms with Crippen LogP contribution < -0.4 is 10.6 Å². The summed E-state index contributed by atoms with van der Waals surface area (Å²) in [6.07, 6.45) is 5.45. The van der Waals surface area contributed by atoms with Crippen LogP contribution in [0.15, 0.2) is 4.99 Å². The molecule has 6 heteroatoms. The minimum absolute atomic E-state index is 0.544. The van der Waals surface area contributed by atoms with Crippen molar-refractivity contribution in [2.75, 3.05) is 65.6 Å². The molecular formula is C20H41N5O. The lowest BCUT2D eigenvalue weighted by Gasteiger charge is -2.32. The van der Waals surface area contributed by atoms with Crippen molar-refractivity contribution in [3.63, 3.8) is 0 Å². The third-order valence-electron chi connectivity index (χ3n) is 5.48. The Bertz CT molecular complexity index is 388. The molecule has 0 radical (unpaired) electrons. The molecule has 26 heavy (non-hydrogen) atoms. The number of nitrogens with one attached hydrogen (secondary N) is 2. The molecule has 0 bridgehead atoms. The Morgan fingerprint density at radius 1 is 1.00 bits per heavy atom. The van der Waals surface area contributed by atoms with E-state index in [4.69, 9.17) is 9.73 Å². The Kier molecular flexibility index (Phi) is 10.3. The zero-order chi connectivity index (χ0) is 18.6. The second-order valence-corrected chi connectivity index (χ2v) is 7.86. The molecule has 1 atom stereocenters. The summed E-state index contributed by atoms with van der Waals surface area (Å²) in [5.74, 6) is 1.59. The number of nitrogens with zero attached hydrogens (tertiary/aromatic N) is 3. The molecule has 2 rings (SSSR count). The highest BCUT2D eigenvalue weighted by molar-refractivity contribution is 5.79. The third kappa shape index (κ3) is 7.80. The second kappa shape index (κ2) is 12.5. The lowest BCUT2D eigenvalue weighted by Crippen LogP contribution is -2.46. The van der Waals surface area contributed by atoms with Gasteiger partial charge in [0.2, 0.25) is 0 Å². The first-order valence-corrected chi connectivity index (χ1v) is 10.8. The fourth-order valence-electron chi connectivity index (χ4n) is 3.86. The van der Waals surface area contributed by atoms with Gasteiger partial charge in [0.1, 0.15) is 0 Å². The first kappa shape index (κ1) is 21.5. The smallest absolute Gasteiger partial charge is 0.191 e. The maximum atomic E-state index is 5.42. The van der Waals surface area contributed by atoms with Crippen LogP contribution in [0, 0.1) is 5.92 Å². The standard InChI is InChI=1S/C20H41N5O/c1-4-21-20(22-9-12-24-13-15-26-16-14-24)23-17-19(18(2)3)25-10-7-5-6-8-11-25/h18-19H,4-17H2,1-3H3,(H2,21,22,23). The average Bonchev–Trinajstić information content (AvgIpc) is 2.92. The van der Waals surface area contributed by atoms with Crippen LogP contribution in [0.1, 0.15) is 46.5 Å². The molecule has 2 heterocycles. The summed E-state index contributed by atoms with van der Waals surface area (Å²) < 4.78 is 5.42. The molecule has 0 aromatic heterocycles. The van der Waals surface area contributed by atoms with Gasteiger partial charge >= 0.3 is 0 Å². The van der Waals surface area contributed by atoms with E-state index in [1.165, 1.54) is 38.8 Å². The van der Waals surface area contributed by atoms with Crippen molar-refractivity contribution in [3.8, 4) is 0 Å². The van der Waals surface area contributed by atoms with E-state index >= 15 is 0 Å². The lowest BCUT2D eigenvalue weighted by atomic mass is 10.0. The van der Waals surface area contributed by atoms with E-state index in [0.717, 1.165) is 58.4 Å². The number of hydrogen-bond donors (Lipinski definition) is 2. The van der Waals surface area contributed by atoms with Crippen LogP contribution in [0.2, 0.25) is 0 Å². The number of ether oxygens (including phenoxy) is 1. The minimum Gasteiger partial charge on any atom is -0.379 e. The SMILES string of the molecule is CCNC(=NCC(C(C)C)N1CCCCCC1)NCCN1CCOCC1. The number of hydrogen-bond acceptors (Lipinski definition) is 4. The molecule has 2 N–H and O–H groups in total. The molecule has 2 saturated heterocycles. The first-order chi connectivity index (χ1) is 12.7. The maximum Gasteiger partial charge on any atom is 0.191 e. The zero-order valence-electron chi connectivity index (χ0n) is 17.3. The largest absolute Gasteiger partial charge is 0.379 e. The van der Waals surface area contributed by atoms with Gasteiger partial charge in [-0.25, -0.2) is 0 Å². The van der Waals surface area contributed by atoms with Crippen LogP contribution in [0.5, 0.6) is 0 Å². The molecule has 0 aliphatic carbocycles. The van der Waals surface area contributed by atoms with E-state index in [-0.39, 0.29) is 0 Å². The number of aliphatic imine (C=N–C) groups is 1. The summed E-state index contributed by atoms with van der Waals surface area (Å²) in [5, 5.41) is 6.92. The van der Waals surface area contributed by atoms with Crippen LogP contribution in [0.25, 0.3) is 0 Å². The Labute approximate surface area is 160 Å². The Balaban J connectivity index is 1.83. The summed E-state index contributed by atoms with van der Waals surface area (Å²) in [7, 11) is 0. The molecule has 2 aliphatic heterocycles. The predicted octanol–water partition coefficient (Wildman–Crippen LogP) is 1.77. The van der Waals surface area contributed by atoms with E-state index in [2.05, 4.69) is 41.2 Å². The fourth-order valence-corrected chi connectivity index (χ4v) is 3.86. The first-order valence-electron chi connectivity index (χ1n) is 10.8. The minimum atomic E-state index is 0.544. The fraction of sp³-hybridized carbons (Fsp3) is 0.950.